The predicted octanol–water partition coefficient (Wildman–Crippen LogP) is 2.09. The fourth-order valence-electron chi connectivity index (χ4n) is 5.01. The van der Waals surface area contributed by atoms with Crippen LogP contribution in [0.15, 0.2) is 36.4 Å². The Labute approximate surface area is 255 Å². The van der Waals surface area contributed by atoms with Gasteiger partial charge in [0.2, 0.25) is 17.4 Å². The predicted molar refractivity (Wildman–Crippen MR) is 155 cm³/mol. The molecule has 14 heteroatoms. The summed E-state index contributed by atoms with van der Waals surface area (Å²) in [4.78, 5) is 67.0. The molecule has 3 amide bonds. The average molecular weight is 614 g/mol. The smallest absolute Gasteiger partial charge is 0.409 e. The molecule has 1 aromatic carbocycles. The summed E-state index contributed by atoms with van der Waals surface area (Å²) in [6, 6.07) is 9.33. The highest BCUT2D eigenvalue weighted by Crippen LogP contribution is 2.38. The Balaban J connectivity index is 1.55. The molecular weight excluding hydrogens is 574 g/mol. The number of benzene rings is 1. The van der Waals surface area contributed by atoms with Gasteiger partial charge in [-0.3, -0.25) is 14.4 Å². The zero-order valence-electron chi connectivity index (χ0n) is 25.3. The summed E-state index contributed by atoms with van der Waals surface area (Å²) < 4.78 is 22.7. The zero-order valence-corrected chi connectivity index (χ0v) is 25.3. The molecule has 1 atom stereocenters. The lowest BCUT2D eigenvalue weighted by molar-refractivity contribution is -0.170. The van der Waals surface area contributed by atoms with Crippen molar-refractivity contribution < 1.29 is 42.9 Å². The lowest BCUT2D eigenvalue weighted by Crippen LogP contribution is -2.56. The number of carbonyl (C=O) groups excluding carboxylic acids is 5. The maximum Gasteiger partial charge on any atom is 0.409 e. The average Bonchev–Trinajstić information content (AvgIpc) is 3.45. The van der Waals surface area contributed by atoms with Crippen LogP contribution in [0.25, 0.3) is 5.69 Å². The third-order valence-electron chi connectivity index (χ3n) is 7.60. The molecule has 1 saturated carbocycles. The molecule has 0 radical (unpaired) electrons. The van der Waals surface area contributed by atoms with E-state index in [1.54, 1.807) is 38.1 Å². The Bertz CT molecular complexity index is 1330. The van der Waals surface area contributed by atoms with Crippen LogP contribution in [0, 0.1) is 0 Å². The van der Waals surface area contributed by atoms with E-state index in [1.165, 1.54) is 27.7 Å². The Morgan fingerprint density at radius 1 is 0.955 bits per heavy atom. The van der Waals surface area contributed by atoms with E-state index in [-0.39, 0.29) is 63.8 Å². The molecule has 4 rings (SSSR count). The lowest BCUT2D eigenvalue weighted by Gasteiger charge is -2.38. The van der Waals surface area contributed by atoms with Gasteiger partial charge in [-0.25, -0.2) is 14.3 Å². The first-order valence-electron chi connectivity index (χ1n) is 14.8. The fourth-order valence-corrected chi connectivity index (χ4v) is 5.01. The van der Waals surface area contributed by atoms with Gasteiger partial charge in [-0.15, -0.1) is 0 Å². The number of hydrogen-bond donors (Lipinski definition) is 1. The van der Waals surface area contributed by atoms with Crippen molar-refractivity contribution in [2.24, 2.45) is 0 Å². The third kappa shape index (κ3) is 7.47. The number of aromatic nitrogens is 2. The van der Waals surface area contributed by atoms with Crippen LogP contribution in [0.3, 0.4) is 0 Å². The number of hydrogen-bond acceptors (Lipinski definition) is 10. The number of rotatable bonds is 12. The summed E-state index contributed by atoms with van der Waals surface area (Å²) in [5, 5.41) is 7.19. The molecule has 1 aliphatic heterocycles. The number of amides is 3. The number of carbonyl (C=O) groups is 5. The van der Waals surface area contributed by atoms with E-state index < -0.39 is 41.5 Å². The fraction of sp³-hybridized carbons (Fsp3) is 0.533. The minimum Gasteiger partial charge on any atom is -0.469 e. The second kappa shape index (κ2) is 14.7. The molecule has 1 aromatic heterocycles. The molecule has 44 heavy (non-hydrogen) atoms. The molecule has 2 heterocycles. The molecule has 2 fully saturated rings. The summed E-state index contributed by atoms with van der Waals surface area (Å²) in [6.45, 7) is 4.90. The van der Waals surface area contributed by atoms with Crippen LogP contribution in [-0.4, -0.2) is 108 Å². The topological polar surface area (TPSA) is 159 Å². The normalized spacial score (nSPS) is 16.2. The van der Waals surface area contributed by atoms with E-state index in [2.05, 4.69) is 10.4 Å². The van der Waals surface area contributed by atoms with Crippen LogP contribution in [0.1, 0.15) is 56.4 Å². The first kappa shape index (κ1) is 32.3. The highest BCUT2D eigenvalue weighted by Gasteiger charge is 2.49. The van der Waals surface area contributed by atoms with Gasteiger partial charge in [-0.2, -0.15) is 5.10 Å². The minimum absolute atomic E-state index is 0.00986. The van der Waals surface area contributed by atoms with Crippen molar-refractivity contribution in [3.63, 3.8) is 0 Å². The maximum absolute atomic E-state index is 13.6. The number of esters is 2. The lowest BCUT2D eigenvalue weighted by atomic mass is 9.80. The molecule has 0 bridgehead atoms. The summed E-state index contributed by atoms with van der Waals surface area (Å²) >= 11 is 0. The Morgan fingerprint density at radius 3 is 2.20 bits per heavy atom. The summed E-state index contributed by atoms with van der Waals surface area (Å²) in [5.41, 5.74) is -0.635. The van der Waals surface area contributed by atoms with E-state index in [0.29, 0.717) is 18.5 Å². The summed E-state index contributed by atoms with van der Waals surface area (Å²) in [6.07, 6.45) is 1.13. The number of ether oxygens (including phenoxy) is 4. The van der Waals surface area contributed by atoms with Crippen molar-refractivity contribution in [3.8, 4) is 11.6 Å². The van der Waals surface area contributed by atoms with E-state index in [4.69, 9.17) is 18.9 Å². The van der Waals surface area contributed by atoms with Crippen LogP contribution >= 0.6 is 0 Å². The summed E-state index contributed by atoms with van der Waals surface area (Å²) in [5.74, 6) is -1.91. The molecule has 238 valence electrons. The van der Waals surface area contributed by atoms with Gasteiger partial charge in [0.25, 0.3) is 5.91 Å². The van der Waals surface area contributed by atoms with Gasteiger partial charge in [0.15, 0.2) is 5.69 Å². The van der Waals surface area contributed by atoms with Gasteiger partial charge in [0.1, 0.15) is 6.04 Å². The van der Waals surface area contributed by atoms with Gasteiger partial charge < -0.3 is 34.1 Å². The van der Waals surface area contributed by atoms with E-state index >= 15 is 0 Å². The molecule has 14 nitrogen and oxygen atoms in total. The van der Waals surface area contributed by atoms with Crippen LogP contribution < -0.4 is 10.1 Å². The quantitative estimate of drug-likeness (QED) is 0.278. The molecule has 1 unspecified atom stereocenters. The van der Waals surface area contributed by atoms with Crippen LogP contribution in [-0.2, 0) is 28.6 Å². The zero-order chi connectivity index (χ0) is 31.7. The van der Waals surface area contributed by atoms with Crippen molar-refractivity contribution >= 4 is 29.8 Å². The van der Waals surface area contributed by atoms with Gasteiger partial charge in [-0.05, 0) is 51.7 Å². The SMILES string of the molecule is CCOC(=O)N1CCN(C(=O)C(CCC(=O)OC)NC(=O)c2cc(OC3(C(=O)OCC)CCC3)n(-c3ccccc3)n2)CC1. The van der Waals surface area contributed by atoms with Gasteiger partial charge >= 0.3 is 18.0 Å². The number of methoxy groups -OCH3 is 1. The molecule has 2 aliphatic rings. The second-order valence-electron chi connectivity index (χ2n) is 10.4. The Hall–Kier alpha value is -4.62. The van der Waals surface area contributed by atoms with E-state index in [0.717, 1.165) is 6.42 Å². The van der Waals surface area contributed by atoms with Crippen molar-refractivity contribution in [1.82, 2.24) is 24.9 Å². The number of nitrogens with one attached hydrogen (secondary N) is 1. The van der Waals surface area contributed by atoms with Gasteiger partial charge in [0, 0.05) is 38.7 Å². The van der Waals surface area contributed by atoms with Crippen LogP contribution in [0.5, 0.6) is 5.88 Å². The van der Waals surface area contributed by atoms with Crippen molar-refractivity contribution in [2.75, 3.05) is 46.5 Å². The number of piperazine rings is 1. The number of para-hydroxylation sites is 1. The van der Waals surface area contributed by atoms with Gasteiger partial charge in [-0.1, -0.05) is 18.2 Å². The summed E-state index contributed by atoms with van der Waals surface area (Å²) in [7, 11) is 1.25. The first-order valence-corrected chi connectivity index (χ1v) is 14.8. The largest absolute Gasteiger partial charge is 0.469 e. The standard InChI is InChI=1S/C30H39N5O9/c1-4-42-28(39)30(14-9-15-30)44-24-20-23(32-35(24)21-10-7-6-8-11-21)26(37)31-22(12-13-25(36)41-3)27(38)33-16-18-34(19-17-33)29(40)43-5-2/h6-8,10-11,20,22H,4-5,9,12-19H2,1-3H3,(H,31,37). The first-order chi connectivity index (χ1) is 21.2. The van der Waals surface area contributed by atoms with E-state index in [1.807, 2.05) is 6.07 Å². The Morgan fingerprint density at radius 2 is 1.61 bits per heavy atom. The molecule has 1 N–H and O–H groups in total. The third-order valence-corrected chi connectivity index (χ3v) is 7.60. The minimum atomic E-state index is -1.18. The molecular formula is C30H39N5O9. The maximum atomic E-state index is 13.6. The van der Waals surface area contributed by atoms with Crippen LogP contribution in [0.2, 0.25) is 0 Å². The molecule has 2 aromatic rings. The Kier molecular flexibility index (Phi) is 10.8. The van der Waals surface area contributed by atoms with Crippen molar-refractivity contribution in [2.45, 2.75) is 57.6 Å². The van der Waals surface area contributed by atoms with E-state index in [9.17, 15) is 24.0 Å². The monoisotopic (exact) mass is 613 g/mol. The molecule has 0 spiro atoms. The highest BCUT2D eigenvalue weighted by molar-refractivity contribution is 5.96. The second-order valence-corrected chi connectivity index (χ2v) is 10.4. The van der Waals surface area contributed by atoms with Crippen molar-refractivity contribution in [3.05, 3.63) is 42.1 Å². The number of nitrogens with zero attached hydrogens (tertiary/aromatic N) is 4. The highest BCUT2D eigenvalue weighted by atomic mass is 16.6. The molecule has 1 saturated heterocycles. The van der Waals surface area contributed by atoms with Gasteiger partial charge in [0.05, 0.1) is 26.0 Å². The molecule has 1 aliphatic carbocycles. The van der Waals surface area contributed by atoms with Crippen LogP contribution in [0.4, 0.5) is 4.79 Å². The van der Waals surface area contributed by atoms with Crippen molar-refractivity contribution in [1.29, 1.82) is 0 Å².